The zero-order chi connectivity index (χ0) is 27.0. The largest absolute Gasteiger partial charge is 0.359 e. The van der Waals surface area contributed by atoms with Crippen molar-refractivity contribution in [2.24, 2.45) is 0 Å². The van der Waals surface area contributed by atoms with Gasteiger partial charge in [-0.1, -0.05) is 12.1 Å². The van der Waals surface area contributed by atoms with Crippen LogP contribution in [-0.2, 0) is 17.8 Å². The third-order valence-corrected chi connectivity index (χ3v) is 7.42. The zero-order valence-corrected chi connectivity index (χ0v) is 22.7. The number of aryl methyl sites for hydroxylation is 2. The normalized spacial score (nSPS) is 13.4. The molecule has 2 aromatic heterocycles. The number of H-pyrrole nitrogens is 1. The van der Waals surface area contributed by atoms with Crippen molar-refractivity contribution in [3.63, 3.8) is 0 Å². The van der Waals surface area contributed by atoms with Crippen molar-refractivity contribution in [1.82, 2.24) is 30.1 Å². The molecule has 4 aromatic rings. The first-order valence-electron chi connectivity index (χ1n) is 13.0. The molecule has 2 amide bonds. The molecule has 3 heterocycles. The van der Waals surface area contributed by atoms with Crippen LogP contribution in [0.5, 0.6) is 0 Å². The molecule has 0 atom stereocenters. The molecule has 0 aliphatic carbocycles. The summed E-state index contributed by atoms with van der Waals surface area (Å²) in [6, 6.07) is 10.3. The smallest absolute Gasteiger partial charge is 0.253 e. The fourth-order valence-corrected chi connectivity index (χ4v) is 5.26. The standard InChI is InChI=1S/C30H34N6O2/c1-18-13-21(14-22-17-36(10-8-23(18)22)11-9-27(37)31-3)26-16-33-29-28(34-26)25(15-32-29)20-6-7-24(19(2)12-20)30(38)35(4)5/h6-7,12-16H,8-11,17H2,1-5H3,(H,31,37)(H,32,33). The molecule has 8 heteroatoms. The van der Waals surface area contributed by atoms with Crippen molar-refractivity contribution in [3.05, 3.63) is 70.5 Å². The molecular weight excluding hydrogens is 476 g/mol. The highest BCUT2D eigenvalue weighted by molar-refractivity contribution is 5.97. The van der Waals surface area contributed by atoms with Crippen molar-refractivity contribution in [2.45, 2.75) is 33.2 Å². The van der Waals surface area contributed by atoms with Crippen LogP contribution in [-0.4, -0.2) is 70.8 Å². The highest BCUT2D eigenvalue weighted by Crippen LogP contribution is 2.32. The molecule has 0 saturated heterocycles. The molecular formula is C30H34N6O2. The maximum atomic E-state index is 12.5. The van der Waals surface area contributed by atoms with Gasteiger partial charge in [-0.2, -0.15) is 0 Å². The summed E-state index contributed by atoms with van der Waals surface area (Å²) in [7, 11) is 5.20. The van der Waals surface area contributed by atoms with Gasteiger partial charge < -0.3 is 15.2 Å². The molecule has 0 radical (unpaired) electrons. The molecule has 1 aliphatic heterocycles. The summed E-state index contributed by atoms with van der Waals surface area (Å²) in [4.78, 5) is 41.1. The number of aromatic amines is 1. The van der Waals surface area contributed by atoms with Gasteiger partial charge in [0.05, 0.1) is 11.9 Å². The van der Waals surface area contributed by atoms with Crippen molar-refractivity contribution >= 4 is 23.0 Å². The fourth-order valence-electron chi connectivity index (χ4n) is 5.26. The number of fused-ring (bicyclic) bond motifs is 2. The van der Waals surface area contributed by atoms with Crippen molar-refractivity contribution in [1.29, 1.82) is 0 Å². The first-order chi connectivity index (χ1) is 18.2. The Morgan fingerprint density at radius 3 is 2.63 bits per heavy atom. The zero-order valence-electron chi connectivity index (χ0n) is 22.7. The van der Waals surface area contributed by atoms with Gasteiger partial charge in [0.1, 0.15) is 5.52 Å². The number of aromatic nitrogens is 3. The van der Waals surface area contributed by atoms with E-state index in [2.05, 4.69) is 39.2 Å². The average molecular weight is 511 g/mol. The van der Waals surface area contributed by atoms with Gasteiger partial charge in [-0.15, -0.1) is 0 Å². The maximum absolute atomic E-state index is 12.5. The number of nitrogens with zero attached hydrogens (tertiary/aromatic N) is 4. The van der Waals surface area contributed by atoms with Crippen LogP contribution in [0.4, 0.5) is 0 Å². The Kier molecular flexibility index (Phi) is 6.99. The summed E-state index contributed by atoms with van der Waals surface area (Å²) >= 11 is 0. The highest BCUT2D eigenvalue weighted by Gasteiger charge is 2.21. The summed E-state index contributed by atoms with van der Waals surface area (Å²) in [6.45, 7) is 6.65. The number of nitrogens with one attached hydrogen (secondary N) is 2. The van der Waals surface area contributed by atoms with E-state index in [1.807, 2.05) is 37.5 Å². The average Bonchev–Trinajstić information content (AvgIpc) is 3.34. The van der Waals surface area contributed by atoms with E-state index in [9.17, 15) is 9.59 Å². The van der Waals surface area contributed by atoms with Crippen LogP contribution in [0.3, 0.4) is 0 Å². The van der Waals surface area contributed by atoms with E-state index in [1.165, 1.54) is 16.7 Å². The lowest BCUT2D eigenvalue weighted by atomic mass is 9.92. The van der Waals surface area contributed by atoms with Gasteiger partial charge >= 0.3 is 0 Å². The fraction of sp³-hybridized carbons (Fsp3) is 0.333. The SMILES string of the molecule is CNC(=O)CCN1CCc2c(C)cc(-c3cnc4[nH]cc(-c5ccc(C(=O)N(C)C)c(C)c5)c4n3)cc2C1. The van der Waals surface area contributed by atoms with E-state index in [1.54, 1.807) is 26.0 Å². The lowest BCUT2D eigenvalue weighted by Crippen LogP contribution is -2.34. The molecule has 0 fully saturated rings. The van der Waals surface area contributed by atoms with Crippen LogP contribution in [0, 0.1) is 13.8 Å². The van der Waals surface area contributed by atoms with Crippen LogP contribution < -0.4 is 5.32 Å². The van der Waals surface area contributed by atoms with Crippen LogP contribution in [0.2, 0.25) is 0 Å². The van der Waals surface area contributed by atoms with Crippen LogP contribution in [0.15, 0.2) is 42.7 Å². The maximum Gasteiger partial charge on any atom is 0.253 e. The number of hydrogen-bond acceptors (Lipinski definition) is 5. The molecule has 2 N–H and O–H groups in total. The topological polar surface area (TPSA) is 94.2 Å². The number of hydrogen-bond donors (Lipinski definition) is 2. The number of carbonyl (C=O) groups excluding carboxylic acids is 2. The van der Waals surface area contributed by atoms with E-state index in [0.29, 0.717) is 12.0 Å². The van der Waals surface area contributed by atoms with Crippen LogP contribution in [0.25, 0.3) is 33.5 Å². The minimum absolute atomic E-state index is 0.00923. The third kappa shape index (κ3) is 4.91. The Labute approximate surface area is 223 Å². The molecule has 0 bridgehead atoms. The summed E-state index contributed by atoms with van der Waals surface area (Å²) in [6.07, 6.45) is 5.24. The highest BCUT2D eigenvalue weighted by atomic mass is 16.2. The monoisotopic (exact) mass is 510 g/mol. The third-order valence-electron chi connectivity index (χ3n) is 7.42. The number of rotatable bonds is 6. The number of amides is 2. The quantitative estimate of drug-likeness (QED) is 0.407. The van der Waals surface area contributed by atoms with Crippen LogP contribution >= 0.6 is 0 Å². The van der Waals surface area contributed by atoms with Crippen molar-refractivity contribution < 1.29 is 9.59 Å². The first-order valence-corrected chi connectivity index (χ1v) is 13.0. The minimum atomic E-state index is -0.00923. The predicted molar refractivity (Wildman–Crippen MR) is 150 cm³/mol. The Morgan fingerprint density at radius 2 is 1.89 bits per heavy atom. The second-order valence-corrected chi connectivity index (χ2v) is 10.3. The number of benzene rings is 2. The Bertz CT molecular complexity index is 1540. The summed E-state index contributed by atoms with van der Waals surface area (Å²) in [5.74, 6) is 0.0609. The Balaban J connectivity index is 1.47. The summed E-state index contributed by atoms with van der Waals surface area (Å²) in [5.41, 5.74) is 10.9. The number of carbonyl (C=O) groups is 2. The lowest BCUT2D eigenvalue weighted by molar-refractivity contribution is -0.121. The van der Waals surface area contributed by atoms with Crippen LogP contribution in [0.1, 0.15) is 39.0 Å². The van der Waals surface area contributed by atoms with E-state index in [-0.39, 0.29) is 11.8 Å². The lowest BCUT2D eigenvalue weighted by Gasteiger charge is -2.30. The second kappa shape index (κ2) is 10.4. The molecule has 0 unspecified atom stereocenters. The molecule has 1 aliphatic rings. The molecule has 8 nitrogen and oxygen atoms in total. The van der Waals surface area contributed by atoms with Crippen molar-refractivity contribution in [3.8, 4) is 22.4 Å². The molecule has 2 aromatic carbocycles. The summed E-state index contributed by atoms with van der Waals surface area (Å²) in [5, 5.41) is 2.71. The second-order valence-electron chi connectivity index (χ2n) is 10.3. The minimum Gasteiger partial charge on any atom is -0.359 e. The van der Waals surface area contributed by atoms with Gasteiger partial charge in [0, 0.05) is 70.1 Å². The summed E-state index contributed by atoms with van der Waals surface area (Å²) < 4.78 is 0. The van der Waals surface area contributed by atoms with Gasteiger partial charge in [-0.3, -0.25) is 14.5 Å². The van der Waals surface area contributed by atoms with Gasteiger partial charge in [0.15, 0.2) is 5.65 Å². The van der Waals surface area contributed by atoms with E-state index >= 15 is 0 Å². The molecule has 38 heavy (non-hydrogen) atoms. The molecule has 5 rings (SSSR count). The Morgan fingerprint density at radius 1 is 1.11 bits per heavy atom. The predicted octanol–water partition coefficient (Wildman–Crippen LogP) is 4.10. The van der Waals surface area contributed by atoms with Gasteiger partial charge in [0.2, 0.25) is 5.91 Å². The van der Waals surface area contributed by atoms with Crippen molar-refractivity contribution in [2.75, 3.05) is 34.2 Å². The van der Waals surface area contributed by atoms with Gasteiger partial charge in [-0.25, -0.2) is 9.97 Å². The van der Waals surface area contributed by atoms with E-state index in [4.69, 9.17) is 4.98 Å². The molecule has 0 spiro atoms. The van der Waals surface area contributed by atoms with Gasteiger partial charge in [0.25, 0.3) is 5.91 Å². The van der Waals surface area contributed by atoms with E-state index in [0.717, 1.165) is 65.2 Å². The Hall–Kier alpha value is -4.04. The first kappa shape index (κ1) is 25.6. The molecule has 196 valence electrons. The van der Waals surface area contributed by atoms with E-state index < -0.39 is 0 Å². The molecule has 0 saturated carbocycles. The van der Waals surface area contributed by atoms with Gasteiger partial charge in [-0.05, 0) is 66.3 Å².